The van der Waals surface area contributed by atoms with Crippen molar-refractivity contribution in [2.75, 3.05) is 11.5 Å². The minimum atomic E-state index is -0.811. The number of nitrogens with one attached hydrogen (secondary N) is 1. The van der Waals surface area contributed by atoms with Gasteiger partial charge in [-0.25, -0.2) is 9.69 Å². The molecule has 1 N–H and O–H groups in total. The van der Waals surface area contributed by atoms with E-state index >= 15 is 0 Å². The number of anilines is 1. The number of halogens is 2. The number of hydrogen-bond acceptors (Lipinski definition) is 5. The zero-order valence-electron chi connectivity index (χ0n) is 19.5. The van der Waals surface area contributed by atoms with E-state index in [2.05, 4.69) is 5.32 Å². The number of para-hydroxylation sites is 1. The number of hydrogen-bond donors (Lipinski definition) is 1. The summed E-state index contributed by atoms with van der Waals surface area (Å²) in [5.41, 5.74) is 2.14. The topological polar surface area (TPSA) is 84.9 Å². The number of imide groups is 2. The second-order valence-corrected chi connectivity index (χ2v) is 8.77. The van der Waals surface area contributed by atoms with Crippen molar-refractivity contribution < 1.29 is 23.9 Å². The molecular weight excluding hydrogens is 503 g/mol. The number of amides is 4. The van der Waals surface area contributed by atoms with E-state index in [0.717, 1.165) is 10.5 Å². The SMILES string of the molecule is CCOc1cc(/C=C2\C(=O)NC(=O)N(c3ccccc3C)C2=O)cc(Cl)c1OCc1cccc(Cl)c1. The monoisotopic (exact) mass is 524 g/mol. The lowest BCUT2D eigenvalue weighted by molar-refractivity contribution is -0.122. The average molecular weight is 525 g/mol. The predicted octanol–water partition coefficient (Wildman–Crippen LogP) is 5.95. The minimum absolute atomic E-state index is 0.204. The lowest BCUT2D eigenvalue weighted by Gasteiger charge is -2.27. The van der Waals surface area contributed by atoms with Gasteiger partial charge in [-0.2, -0.15) is 0 Å². The fourth-order valence-electron chi connectivity index (χ4n) is 3.71. The number of barbiturate groups is 1. The molecule has 1 heterocycles. The zero-order valence-corrected chi connectivity index (χ0v) is 21.0. The summed E-state index contributed by atoms with van der Waals surface area (Å²) in [4.78, 5) is 39.2. The summed E-state index contributed by atoms with van der Waals surface area (Å²) in [6.07, 6.45) is 1.37. The van der Waals surface area contributed by atoms with Crippen molar-refractivity contribution in [3.05, 3.63) is 93.0 Å². The van der Waals surface area contributed by atoms with Gasteiger partial charge in [0.15, 0.2) is 11.5 Å². The molecule has 0 radical (unpaired) electrons. The molecule has 0 atom stereocenters. The summed E-state index contributed by atoms with van der Waals surface area (Å²) >= 11 is 12.6. The number of carbonyl (C=O) groups excluding carboxylic acids is 3. The van der Waals surface area contributed by atoms with Gasteiger partial charge in [0.05, 0.1) is 17.3 Å². The molecule has 0 unspecified atom stereocenters. The highest BCUT2D eigenvalue weighted by Crippen LogP contribution is 2.38. The molecule has 4 amide bonds. The number of urea groups is 1. The summed E-state index contributed by atoms with van der Waals surface area (Å²) in [5, 5.41) is 3.04. The Kier molecular flexibility index (Phi) is 7.62. The van der Waals surface area contributed by atoms with Crippen molar-refractivity contribution in [3.63, 3.8) is 0 Å². The molecule has 9 heteroatoms. The van der Waals surface area contributed by atoms with Crippen LogP contribution in [0.3, 0.4) is 0 Å². The van der Waals surface area contributed by atoms with E-state index in [1.807, 2.05) is 19.1 Å². The Balaban J connectivity index is 1.67. The van der Waals surface area contributed by atoms with Crippen LogP contribution in [0.1, 0.15) is 23.6 Å². The molecule has 0 aromatic heterocycles. The fraction of sp³-hybridized carbons (Fsp3) is 0.148. The highest BCUT2D eigenvalue weighted by Gasteiger charge is 2.37. The van der Waals surface area contributed by atoms with Crippen LogP contribution in [0.2, 0.25) is 10.0 Å². The van der Waals surface area contributed by atoms with E-state index in [9.17, 15) is 14.4 Å². The predicted molar refractivity (Wildman–Crippen MR) is 139 cm³/mol. The van der Waals surface area contributed by atoms with Crippen molar-refractivity contribution in [1.29, 1.82) is 0 Å². The normalized spacial score (nSPS) is 14.7. The quantitative estimate of drug-likeness (QED) is 0.305. The van der Waals surface area contributed by atoms with Gasteiger partial charge < -0.3 is 9.47 Å². The number of nitrogens with zero attached hydrogens (tertiary/aromatic N) is 1. The molecule has 1 saturated heterocycles. The van der Waals surface area contributed by atoms with Crippen LogP contribution in [0.4, 0.5) is 10.5 Å². The molecule has 36 heavy (non-hydrogen) atoms. The molecule has 7 nitrogen and oxygen atoms in total. The highest BCUT2D eigenvalue weighted by atomic mass is 35.5. The van der Waals surface area contributed by atoms with Crippen molar-refractivity contribution in [2.45, 2.75) is 20.5 Å². The Labute approximate surface area is 218 Å². The Bertz CT molecular complexity index is 1390. The first-order chi connectivity index (χ1) is 17.3. The molecule has 0 aliphatic carbocycles. The molecular formula is C27H22Cl2N2O5. The van der Waals surface area contributed by atoms with Crippen LogP contribution in [-0.2, 0) is 16.2 Å². The largest absolute Gasteiger partial charge is 0.490 e. The Morgan fingerprint density at radius 3 is 2.47 bits per heavy atom. The van der Waals surface area contributed by atoms with E-state index < -0.39 is 17.8 Å². The molecule has 4 rings (SSSR count). The third kappa shape index (κ3) is 5.37. The maximum absolute atomic E-state index is 13.2. The summed E-state index contributed by atoms with van der Waals surface area (Å²) in [6, 6.07) is 16.5. The standard InChI is InChI=1S/C27H22Cl2N2O5/c1-3-35-23-14-18(13-21(29)24(23)36-15-17-8-6-9-19(28)11-17)12-20-25(32)30-27(34)31(26(20)33)22-10-5-4-7-16(22)2/h4-14H,3,15H2,1-2H3,(H,30,32,34)/b20-12+. The number of aryl methyl sites for hydroxylation is 1. The minimum Gasteiger partial charge on any atom is -0.490 e. The molecule has 184 valence electrons. The summed E-state index contributed by atoms with van der Waals surface area (Å²) in [6.45, 7) is 4.11. The number of carbonyl (C=O) groups is 3. The average Bonchev–Trinajstić information content (AvgIpc) is 2.82. The molecule has 3 aromatic carbocycles. The Morgan fingerprint density at radius 1 is 0.972 bits per heavy atom. The van der Waals surface area contributed by atoms with Crippen LogP contribution in [0.15, 0.2) is 66.2 Å². The second kappa shape index (κ2) is 10.8. The second-order valence-electron chi connectivity index (χ2n) is 7.93. The van der Waals surface area contributed by atoms with Gasteiger partial charge in [-0.15, -0.1) is 0 Å². The molecule has 1 fully saturated rings. The van der Waals surface area contributed by atoms with Gasteiger partial charge in [-0.3, -0.25) is 14.9 Å². The summed E-state index contributed by atoms with van der Waals surface area (Å²) in [5.74, 6) is -0.884. The molecule has 0 spiro atoms. The smallest absolute Gasteiger partial charge is 0.335 e. The molecule has 1 aliphatic rings. The number of ether oxygens (including phenoxy) is 2. The van der Waals surface area contributed by atoms with Crippen molar-refractivity contribution in [3.8, 4) is 11.5 Å². The lowest BCUT2D eigenvalue weighted by atomic mass is 10.1. The highest BCUT2D eigenvalue weighted by molar-refractivity contribution is 6.39. The van der Waals surface area contributed by atoms with Crippen LogP contribution >= 0.6 is 23.2 Å². The van der Waals surface area contributed by atoms with Crippen molar-refractivity contribution >= 4 is 52.8 Å². The van der Waals surface area contributed by atoms with Crippen LogP contribution in [-0.4, -0.2) is 24.5 Å². The van der Waals surface area contributed by atoms with E-state index in [0.29, 0.717) is 39.9 Å². The van der Waals surface area contributed by atoms with Gasteiger partial charge in [0.25, 0.3) is 11.8 Å². The lowest BCUT2D eigenvalue weighted by Crippen LogP contribution is -2.54. The van der Waals surface area contributed by atoms with Crippen LogP contribution in [0, 0.1) is 6.92 Å². The fourth-order valence-corrected chi connectivity index (χ4v) is 4.20. The maximum Gasteiger partial charge on any atom is 0.335 e. The first-order valence-corrected chi connectivity index (χ1v) is 11.8. The molecule has 0 saturated carbocycles. The van der Waals surface area contributed by atoms with Crippen molar-refractivity contribution in [2.24, 2.45) is 0 Å². The van der Waals surface area contributed by atoms with Crippen molar-refractivity contribution in [1.82, 2.24) is 5.32 Å². The van der Waals surface area contributed by atoms with Crippen LogP contribution in [0.25, 0.3) is 6.08 Å². The Hall–Kier alpha value is -3.81. The van der Waals surface area contributed by atoms with Gasteiger partial charge in [-0.05, 0) is 66.9 Å². The van der Waals surface area contributed by atoms with Gasteiger partial charge >= 0.3 is 6.03 Å². The molecule has 1 aliphatic heterocycles. The zero-order chi connectivity index (χ0) is 25.8. The van der Waals surface area contributed by atoms with E-state index in [1.165, 1.54) is 6.08 Å². The van der Waals surface area contributed by atoms with E-state index in [4.69, 9.17) is 32.7 Å². The maximum atomic E-state index is 13.2. The first-order valence-electron chi connectivity index (χ1n) is 11.1. The molecule has 0 bridgehead atoms. The number of rotatable bonds is 7. The first kappa shape index (κ1) is 25.3. The van der Waals surface area contributed by atoms with Gasteiger partial charge in [-0.1, -0.05) is 53.5 Å². The van der Waals surface area contributed by atoms with Crippen LogP contribution < -0.4 is 19.7 Å². The summed E-state index contributed by atoms with van der Waals surface area (Å²) < 4.78 is 11.6. The third-order valence-electron chi connectivity index (χ3n) is 5.37. The third-order valence-corrected chi connectivity index (χ3v) is 5.89. The van der Waals surface area contributed by atoms with Crippen LogP contribution in [0.5, 0.6) is 11.5 Å². The molecule has 3 aromatic rings. The number of benzene rings is 3. The van der Waals surface area contributed by atoms with Gasteiger partial charge in [0.1, 0.15) is 12.2 Å². The van der Waals surface area contributed by atoms with Gasteiger partial charge in [0, 0.05) is 5.02 Å². The van der Waals surface area contributed by atoms with E-state index in [1.54, 1.807) is 55.5 Å². The van der Waals surface area contributed by atoms with Gasteiger partial charge in [0.2, 0.25) is 0 Å². The van der Waals surface area contributed by atoms with E-state index in [-0.39, 0.29) is 17.2 Å². The summed E-state index contributed by atoms with van der Waals surface area (Å²) in [7, 11) is 0. The Morgan fingerprint density at radius 2 is 1.75 bits per heavy atom.